The Morgan fingerprint density at radius 2 is 1.93 bits per heavy atom. The lowest BCUT2D eigenvalue weighted by Gasteiger charge is -2.16. The lowest BCUT2D eigenvalue weighted by Crippen LogP contribution is -2.21. The molecule has 150 valence electrons. The van der Waals surface area contributed by atoms with Crippen LogP contribution >= 0.6 is 0 Å². The van der Waals surface area contributed by atoms with Gasteiger partial charge in [-0.1, -0.05) is 0 Å². The number of carbonyl (C=O) groups excluding carboxylic acids is 1. The molecule has 0 aliphatic rings. The fraction of sp³-hybridized carbons (Fsp3) is 0.200. The third-order valence-corrected chi connectivity index (χ3v) is 4.48. The first-order valence-corrected chi connectivity index (χ1v) is 8.64. The maximum atomic E-state index is 14.6. The summed E-state index contributed by atoms with van der Waals surface area (Å²) < 4.78 is 26.1. The fourth-order valence-corrected chi connectivity index (χ4v) is 3.08. The van der Waals surface area contributed by atoms with E-state index in [9.17, 15) is 24.1 Å². The predicted molar refractivity (Wildman–Crippen MR) is 103 cm³/mol. The third kappa shape index (κ3) is 3.42. The van der Waals surface area contributed by atoms with E-state index in [0.717, 1.165) is 6.07 Å². The number of halogens is 1. The monoisotopic (exact) mass is 400 g/mol. The van der Waals surface area contributed by atoms with Crippen LogP contribution in [-0.2, 0) is 4.74 Å². The van der Waals surface area contributed by atoms with Crippen LogP contribution < -0.4 is 10.2 Å². The van der Waals surface area contributed by atoms with Crippen molar-refractivity contribution in [3.63, 3.8) is 0 Å². The Labute approximate surface area is 164 Å². The zero-order valence-electron chi connectivity index (χ0n) is 15.9. The standard InChI is InChI=1S/C20H17FN2O6/c1-4-29-20(25)15-10-22(12-5-7-13(28-3)8-6-12)18-11(2)17(21)16(23(26)27)9-14(18)19(15)24/h5-10H,4H2,1-3H3. The number of benzene rings is 2. The molecule has 0 unspecified atom stereocenters. The Hall–Kier alpha value is -3.75. The molecule has 2 aromatic carbocycles. The zero-order chi connectivity index (χ0) is 21.3. The van der Waals surface area contributed by atoms with Gasteiger partial charge in [0.2, 0.25) is 11.2 Å². The number of hydrogen-bond acceptors (Lipinski definition) is 6. The smallest absolute Gasteiger partial charge is 0.343 e. The van der Waals surface area contributed by atoms with Crippen LogP contribution in [-0.4, -0.2) is 29.2 Å². The summed E-state index contributed by atoms with van der Waals surface area (Å²) in [7, 11) is 1.50. The van der Waals surface area contributed by atoms with E-state index in [0.29, 0.717) is 11.4 Å². The van der Waals surface area contributed by atoms with Crippen LogP contribution in [0.1, 0.15) is 22.8 Å². The number of rotatable bonds is 5. The van der Waals surface area contributed by atoms with Crippen LogP contribution in [0, 0.1) is 22.9 Å². The van der Waals surface area contributed by atoms with Crippen molar-refractivity contribution < 1.29 is 23.6 Å². The molecule has 0 N–H and O–H groups in total. The first-order chi connectivity index (χ1) is 13.8. The minimum atomic E-state index is -1.05. The van der Waals surface area contributed by atoms with Crippen LogP contribution in [0.2, 0.25) is 0 Å². The summed E-state index contributed by atoms with van der Waals surface area (Å²) in [5.74, 6) is -1.34. The van der Waals surface area contributed by atoms with Crippen LogP contribution in [0.15, 0.2) is 41.3 Å². The molecule has 0 aliphatic heterocycles. The summed E-state index contributed by atoms with van der Waals surface area (Å²) in [5.41, 5.74) is -1.38. The number of methoxy groups -OCH3 is 1. The number of carbonyl (C=O) groups is 1. The second-order valence-electron chi connectivity index (χ2n) is 6.15. The summed E-state index contributed by atoms with van der Waals surface area (Å²) >= 11 is 0. The highest BCUT2D eigenvalue weighted by Gasteiger charge is 2.25. The Bertz CT molecular complexity index is 1180. The summed E-state index contributed by atoms with van der Waals surface area (Å²) in [5, 5.41) is 11.1. The maximum absolute atomic E-state index is 14.6. The molecule has 0 radical (unpaired) electrons. The van der Waals surface area contributed by atoms with E-state index >= 15 is 0 Å². The van der Waals surface area contributed by atoms with E-state index in [2.05, 4.69) is 0 Å². The molecular formula is C20H17FN2O6. The summed E-state index contributed by atoms with van der Waals surface area (Å²) in [4.78, 5) is 35.5. The molecule has 0 aliphatic carbocycles. The van der Waals surface area contributed by atoms with Gasteiger partial charge in [0.15, 0.2) is 0 Å². The van der Waals surface area contributed by atoms with Crippen molar-refractivity contribution >= 4 is 22.6 Å². The van der Waals surface area contributed by atoms with E-state index < -0.39 is 27.8 Å². The van der Waals surface area contributed by atoms with E-state index in [1.165, 1.54) is 24.8 Å². The van der Waals surface area contributed by atoms with Gasteiger partial charge in [-0.3, -0.25) is 14.9 Å². The largest absolute Gasteiger partial charge is 0.497 e. The van der Waals surface area contributed by atoms with Crippen molar-refractivity contribution in [1.29, 1.82) is 0 Å². The number of nitro groups is 1. The summed E-state index contributed by atoms with van der Waals surface area (Å²) in [6, 6.07) is 7.45. The highest BCUT2D eigenvalue weighted by Crippen LogP contribution is 2.30. The molecule has 0 saturated heterocycles. The fourth-order valence-electron chi connectivity index (χ4n) is 3.08. The number of aromatic nitrogens is 1. The van der Waals surface area contributed by atoms with Crippen molar-refractivity contribution in [1.82, 2.24) is 4.57 Å². The number of esters is 1. The quantitative estimate of drug-likeness (QED) is 0.369. The zero-order valence-corrected chi connectivity index (χ0v) is 15.9. The maximum Gasteiger partial charge on any atom is 0.343 e. The first kappa shape index (κ1) is 20.0. The number of aryl methyl sites for hydroxylation is 1. The number of nitro benzene ring substituents is 1. The van der Waals surface area contributed by atoms with Gasteiger partial charge in [0.05, 0.1) is 29.5 Å². The molecule has 0 atom stereocenters. The van der Waals surface area contributed by atoms with E-state index in [-0.39, 0.29) is 28.6 Å². The van der Waals surface area contributed by atoms with Crippen LogP contribution in [0.5, 0.6) is 5.75 Å². The van der Waals surface area contributed by atoms with Crippen molar-refractivity contribution in [3.05, 3.63) is 73.8 Å². The highest BCUT2D eigenvalue weighted by atomic mass is 19.1. The normalized spacial score (nSPS) is 10.8. The average Bonchev–Trinajstić information content (AvgIpc) is 2.71. The lowest BCUT2D eigenvalue weighted by molar-refractivity contribution is -0.387. The second-order valence-corrected chi connectivity index (χ2v) is 6.15. The van der Waals surface area contributed by atoms with Gasteiger partial charge in [0, 0.05) is 23.5 Å². The van der Waals surface area contributed by atoms with Crippen molar-refractivity contribution in [3.8, 4) is 11.4 Å². The second kappa shape index (κ2) is 7.70. The van der Waals surface area contributed by atoms with Gasteiger partial charge in [0.25, 0.3) is 0 Å². The average molecular weight is 400 g/mol. The Balaban J connectivity index is 2.46. The molecule has 0 amide bonds. The van der Waals surface area contributed by atoms with Gasteiger partial charge in [-0.25, -0.2) is 4.79 Å². The van der Waals surface area contributed by atoms with E-state index in [1.54, 1.807) is 31.2 Å². The molecule has 0 fully saturated rings. The molecule has 0 spiro atoms. The lowest BCUT2D eigenvalue weighted by atomic mass is 10.0. The molecule has 0 bridgehead atoms. The molecule has 3 aromatic rings. The molecule has 1 heterocycles. The Morgan fingerprint density at radius 1 is 1.28 bits per heavy atom. The van der Waals surface area contributed by atoms with Gasteiger partial charge in [-0.15, -0.1) is 0 Å². The molecule has 0 saturated carbocycles. The van der Waals surface area contributed by atoms with E-state index in [4.69, 9.17) is 9.47 Å². The Kier molecular flexibility index (Phi) is 5.31. The van der Waals surface area contributed by atoms with Gasteiger partial charge in [-0.2, -0.15) is 4.39 Å². The number of pyridine rings is 1. The molecule has 29 heavy (non-hydrogen) atoms. The highest BCUT2D eigenvalue weighted by molar-refractivity contribution is 5.96. The molecular weight excluding hydrogens is 383 g/mol. The van der Waals surface area contributed by atoms with Crippen LogP contribution in [0.25, 0.3) is 16.6 Å². The van der Waals surface area contributed by atoms with E-state index in [1.807, 2.05) is 0 Å². The van der Waals surface area contributed by atoms with Gasteiger partial charge < -0.3 is 14.0 Å². The van der Waals surface area contributed by atoms with Crippen LogP contribution in [0.3, 0.4) is 0 Å². The minimum Gasteiger partial charge on any atom is -0.497 e. The molecule has 1 aromatic heterocycles. The SMILES string of the molecule is CCOC(=O)c1cn(-c2ccc(OC)cc2)c2c(C)c(F)c([N+](=O)[O-])cc2c1=O. The number of fused-ring (bicyclic) bond motifs is 1. The van der Waals surface area contributed by atoms with Crippen molar-refractivity contribution in [2.45, 2.75) is 13.8 Å². The first-order valence-electron chi connectivity index (χ1n) is 8.64. The molecule has 8 nitrogen and oxygen atoms in total. The van der Waals surface area contributed by atoms with Gasteiger partial charge in [-0.05, 0) is 38.1 Å². The predicted octanol–water partition coefficient (Wildman–Crippen LogP) is 3.53. The Morgan fingerprint density at radius 3 is 2.48 bits per heavy atom. The van der Waals surface area contributed by atoms with Crippen LogP contribution in [0.4, 0.5) is 10.1 Å². The van der Waals surface area contributed by atoms with Crippen molar-refractivity contribution in [2.24, 2.45) is 0 Å². The van der Waals surface area contributed by atoms with Crippen molar-refractivity contribution in [2.75, 3.05) is 13.7 Å². The number of ether oxygens (including phenoxy) is 2. The third-order valence-electron chi connectivity index (χ3n) is 4.48. The molecule has 9 heteroatoms. The summed E-state index contributed by atoms with van der Waals surface area (Å²) in [6.45, 7) is 2.97. The summed E-state index contributed by atoms with van der Waals surface area (Å²) in [6.07, 6.45) is 1.25. The number of nitrogens with zero attached hydrogens (tertiary/aromatic N) is 2. The number of hydrogen-bond donors (Lipinski definition) is 0. The molecule has 3 rings (SSSR count). The van der Waals surface area contributed by atoms with Gasteiger partial charge in [0.1, 0.15) is 11.3 Å². The van der Waals surface area contributed by atoms with Gasteiger partial charge >= 0.3 is 11.7 Å². The topological polar surface area (TPSA) is 101 Å². The minimum absolute atomic E-state index is 0.0431.